The Bertz CT molecular complexity index is 542. The lowest BCUT2D eigenvalue weighted by molar-refractivity contribution is 0.353. The van der Waals surface area contributed by atoms with Gasteiger partial charge in [0.05, 0.1) is 0 Å². The highest BCUT2D eigenvalue weighted by Gasteiger charge is 2.21. The predicted molar refractivity (Wildman–Crippen MR) is 79.6 cm³/mol. The first-order valence-electron chi connectivity index (χ1n) is 6.76. The molecule has 0 radical (unpaired) electrons. The third-order valence-electron chi connectivity index (χ3n) is 4.14. The summed E-state index contributed by atoms with van der Waals surface area (Å²) < 4.78 is 0. The highest BCUT2D eigenvalue weighted by molar-refractivity contribution is 5.87. The molecular weight excluding hydrogens is 218 g/mol. The number of hydrogen-bond acceptors (Lipinski definition) is 1. The summed E-state index contributed by atoms with van der Waals surface area (Å²) in [5.74, 6) is 1.08. The molecule has 1 heteroatoms. The van der Waals surface area contributed by atoms with Crippen LogP contribution in [0.4, 0.5) is 0 Å². The second kappa shape index (κ2) is 5.11. The Morgan fingerprint density at radius 3 is 2.28 bits per heavy atom. The van der Waals surface area contributed by atoms with Gasteiger partial charge < -0.3 is 5.73 Å². The molecule has 2 atom stereocenters. The average Bonchev–Trinajstić information content (AvgIpc) is 2.37. The van der Waals surface area contributed by atoms with E-state index in [9.17, 15) is 0 Å². The van der Waals surface area contributed by atoms with Crippen molar-refractivity contribution in [2.24, 2.45) is 17.6 Å². The average molecular weight is 241 g/mol. The molecule has 0 spiro atoms. The Hall–Kier alpha value is -1.34. The van der Waals surface area contributed by atoms with Gasteiger partial charge in [0.1, 0.15) is 0 Å². The summed E-state index contributed by atoms with van der Waals surface area (Å²) in [5, 5.41) is 2.59. The zero-order valence-corrected chi connectivity index (χ0v) is 11.8. The normalized spacial score (nSPS) is 15.0. The zero-order chi connectivity index (χ0) is 13.3. The van der Waals surface area contributed by atoms with E-state index in [4.69, 9.17) is 5.73 Å². The van der Waals surface area contributed by atoms with Crippen molar-refractivity contribution in [1.29, 1.82) is 0 Å². The fourth-order valence-corrected chi connectivity index (χ4v) is 2.52. The molecule has 0 amide bonds. The fraction of sp³-hybridized carbons (Fsp3) is 0.412. The SMILES string of the molecule is Cc1ccc2ccccc2c1C(N)C(C)C(C)C. The summed E-state index contributed by atoms with van der Waals surface area (Å²) in [6.45, 7) is 8.89. The van der Waals surface area contributed by atoms with Crippen molar-refractivity contribution < 1.29 is 0 Å². The Kier molecular flexibility index (Phi) is 3.72. The second-order valence-electron chi connectivity index (χ2n) is 5.65. The molecule has 2 aromatic carbocycles. The van der Waals surface area contributed by atoms with Gasteiger partial charge >= 0.3 is 0 Å². The summed E-state index contributed by atoms with van der Waals surface area (Å²) in [4.78, 5) is 0. The molecule has 0 saturated heterocycles. The molecule has 0 aliphatic rings. The van der Waals surface area contributed by atoms with E-state index >= 15 is 0 Å². The van der Waals surface area contributed by atoms with Crippen LogP contribution in [0.5, 0.6) is 0 Å². The Balaban J connectivity index is 2.58. The monoisotopic (exact) mass is 241 g/mol. The van der Waals surface area contributed by atoms with Crippen molar-refractivity contribution in [2.45, 2.75) is 33.7 Å². The number of hydrogen-bond donors (Lipinski definition) is 1. The van der Waals surface area contributed by atoms with Crippen LogP contribution in [0.15, 0.2) is 36.4 Å². The summed E-state index contributed by atoms with van der Waals surface area (Å²) in [6, 6.07) is 13.0. The van der Waals surface area contributed by atoms with E-state index < -0.39 is 0 Å². The molecule has 18 heavy (non-hydrogen) atoms. The minimum absolute atomic E-state index is 0.107. The molecule has 0 saturated carbocycles. The van der Waals surface area contributed by atoms with Crippen LogP contribution >= 0.6 is 0 Å². The Morgan fingerprint density at radius 2 is 1.61 bits per heavy atom. The van der Waals surface area contributed by atoms with Gasteiger partial charge in [-0.1, -0.05) is 57.2 Å². The molecule has 2 aromatic rings. The van der Waals surface area contributed by atoms with E-state index in [2.05, 4.69) is 64.1 Å². The smallest absolute Gasteiger partial charge is 0.0332 e. The number of nitrogens with two attached hydrogens (primary N) is 1. The molecule has 2 rings (SSSR count). The lowest BCUT2D eigenvalue weighted by Gasteiger charge is -2.26. The van der Waals surface area contributed by atoms with E-state index in [-0.39, 0.29) is 6.04 Å². The predicted octanol–water partition coefficient (Wildman–Crippen LogP) is 4.44. The van der Waals surface area contributed by atoms with Gasteiger partial charge in [0.2, 0.25) is 0 Å². The van der Waals surface area contributed by atoms with Crippen molar-refractivity contribution in [3.05, 3.63) is 47.5 Å². The van der Waals surface area contributed by atoms with Gasteiger partial charge in [-0.3, -0.25) is 0 Å². The van der Waals surface area contributed by atoms with Crippen LogP contribution in [0, 0.1) is 18.8 Å². The summed E-state index contributed by atoms with van der Waals surface area (Å²) in [5.41, 5.74) is 9.12. The number of aryl methyl sites for hydroxylation is 1. The first-order valence-corrected chi connectivity index (χ1v) is 6.76. The van der Waals surface area contributed by atoms with Gasteiger partial charge in [-0.25, -0.2) is 0 Å². The third kappa shape index (κ3) is 2.28. The fourth-order valence-electron chi connectivity index (χ4n) is 2.52. The van der Waals surface area contributed by atoms with E-state index in [1.807, 2.05) is 0 Å². The third-order valence-corrected chi connectivity index (χ3v) is 4.14. The lowest BCUT2D eigenvalue weighted by Crippen LogP contribution is -2.24. The van der Waals surface area contributed by atoms with Crippen LogP contribution in [-0.4, -0.2) is 0 Å². The maximum atomic E-state index is 6.51. The standard InChI is InChI=1S/C17H23N/c1-11(2)13(4)17(18)16-12(3)9-10-14-7-5-6-8-15(14)16/h5-11,13,17H,18H2,1-4H3. The molecule has 0 bridgehead atoms. The van der Waals surface area contributed by atoms with E-state index in [0.29, 0.717) is 11.8 Å². The minimum atomic E-state index is 0.107. The van der Waals surface area contributed by atoms with Crippen molar-refractivity contribution >= 4 is 10.8 Å². The van der Waals surface area contributed by atoms with Gasteiger partial charge in [0, 0.05) is 6.04 Å². The second-order valence-corrected chi connectivity index (χ2v) is 5.65. The van der Waals surface area contributed by atoms with Crippen molar-refractivity contribution in [3.8, 4) is 0 Å². The topological polar surface area (TPSA) is 26.0 Å². The highest BCUT2D eigenvalue weighted by atomic mass is 14.7. The van der Waals surface area contributed by atoms with Crippen molar-refractivity contribution in [1.82, 2.24) is 0 Å². The molecule has 0 aliphatic carbocycles. The first-order chi connectivity index (χ1) is 8.52. The van der Waals surface area contributed by atoms with E-state index in [1.165, 1.54) is 21.9 Å². The molecular formula is C17H23N. The molecule has 0 heterocycles. The molecule has 0 aliphatic heterocycles. The summed E-state index contributed by atoms with van der Waals surface area (Å²) in [6.07, 6.45) is 0. The van der Waals surface area contributed by atoms with Gasteiger partial charge in [0.15, 0.2) is 0 Å². The summed E-state index contributed by atoms with van der Waals surface area (Å²) in [7, 11) is 0. The molecule has 2 unspecified atom stereocenters. The number of fused-ring (bicyclic) bond motifs is 1. The lowest BCUT2D eigenvalue weighted by atomic mass is 9.83. The Morgan fingerprint density at radius 1 is 0.944 bits per heavy atom. The van der Waals surface area contributed by atoms with Gasteiger partial charge in [-0.2, -0.15) is 0 Å². The summed E-state index contributed by atoms with van der Waals surface area (Å²) >= 11 is 0. The van der Waals surface area contributed by atoms with Crippen LogP contribution in [0.2, 0.25) is 0 Å². The van der Waals surface area contributed by atoms with Crippen LogP contribution in [0.3, 0.4) is 0 Å². The first kappa shape index (κ1) is 13.1. The van der Waals surface area contributed by atoms with Gasteiger partial charge in [-0.05, 0) is 40.7 Å². The number of rotatable bonds is 3. The van der Waals surface area contributed by atoms with E-state index in [0.717, 1.165) is 0 Å². The molecule has 0 aromatic heterocycles. The van der Waals surface area contributed by atoms with Crippen LogP contribution in [-0.2, 0) is 0 Å². The van der Waals surface area contributed by atoms with E-state index in [1.54, 1.807) is 0 Å². The minimum Gasteiger partial charge on any atom is -0.324 e. The maximum absolute atomic E-state index is 6.51. The van der Waals surface area contributed by atoms with Gasteiger partial charge in [-0.15, -0.1) is 0 Å². The van der Waals surface area contributed by atoms with Crippen molar-refractivity contribution in [3.63, 3.8) is 0 Å². The van der Waals surface area contributed by atoms with Gasteiger partial charge in [0.25, 0.3) is 0 Å². The molecule has 96 valence electrons. The molecule has 1 nitrogen and oxygen atoms in total. The maximum Gasteiger partial charge on any atom is 0.0332 e. The number of benzene rings is 2. The Labute approximate surface area is 110 Å². The highest BCUT2D eigenvalue weighted by Crippen LogP contribution is 2.33. The zero-order valence-electron chi connectivity index (χ0n) is 11.8. The molecule has 2 N–H and O–H groups in total. The largest absolute Gasteiger partial charge is 0.324 e. The van der Waals surface area contributed by atoms with Crippen LogP contribution in [0.25, 0.3) is 10.8 Å². The quantitative estimate of drug-likeness (QED) is 0.844. The van der Waals surface area contributed by atoms with Crippen LogP contribution in [0.1, 0.15) is 37.9 Å². The van der Waals surface area contributed by atoms with Crippen molar-refractivity contribution in [2.75, 3.05) is 0 Å². The van der Waals surface area contributed by atoms with Crippen LogP contribution < -0.4 is 5.73 Å². The molecule has 0 fully saturated rings.